The summed E-state index contributed by atoms with van der Waals surface area (Å²) in [6.45, 7) is 3.49. The minimum absolute atomic E-state index is 0.000339. The lowest BCUT2D eigenvalue weighted by atomic mass is 10.1. The molecule has 1 aromatic heterocycles. The molecule has 13 heteroatoms. The first-order valence-electron chi connectivity index (χ1n) is 9.38. The van der Waals surface area contributed by atoms with Crippen molar-refractivity contribution in [3.63, 3.8) is 0 Å². The molecule has 0 bridgehead atoms. The van der Waals surface area contributed by atoms with Crippen LogP contribution >= 0.6 is 11.6 Å². The number of nitrogens with zero attached hydrogens (tertiary/aromatic N) is 2. The number of benzene rings is 1. The van der Waals surface area contributed by atoms with Crippen LogP contribution in [0.3, 0.4) is 0 Å². The number of carbonyl (C=O) groups is 3. The smallest absolute Gasteiger partial charge is 0.435 e. The molecule has 9 nitrogen and oxygen atoms in total. The quantitative estimate of drug-likeness (QED) is 0.548. The average molecular weight is 476 g/mol. The van der Waals surface area contributed by atoms with Crippen LogP contribution in [0.15, 0.2) is 18.2 Å². The monoisotopic (exact) mass is 475 g/mol. The molecule has 1 heterocycles. The topological polar surface area (TPSA) is 114 Å². The molecular weight excluding hydrogens is 455 g/mol. The predicted octanol–water partition coefficient (Wildman–Crippen LogP) is 3.92. The zero-order chi connectivity index (χ0) is 24.1. The van der Waals surface area contributed by atoms with Gasteiger partial charge in [0, 0.05) is 17.6 Å². The number of rotatable bonds is 6. The van der Waals surface area contributed by atoms with Gasteiger partial charge in [0.25, 0.3) is 11.8 Å². The molecule has 0 aliphatic rings. The van der Waals surface area contributed by atoms with Crippen molar-refractivity contribution in [3.05, 3.63) is 45.7 Å². The summed E-state index contributed by atoms with van der Waals surface area (Å²) in [7, 11) is 1.09. The van der Waals surface area contributed by atoms with Crippen LogP contribution in [0, 0.1) is 6.92 Å². The molecule has 0 aliphatic carbocycles. The Morgan fingerprint density at radius 2 is 1.84 bits per heavy atom. The largest absolute Gasteiger partial charge is 0.452 e. The average Bonchev–Trinajstić information content (AvgIpc) is 3.16. The molecule has 0 spiro atoms. The Kier molecular flexibility index (Phi) is 8.08. The fourth-order valence-electron chi connectivity index (χ4n) is 2.71. The van der Waals surface area contributed by atoms with E-state index in [0.717, 1.165) is 11.8 Å². The summed E-state index contributed by atoms with van der Waals surface area (Å²) in [5.74, 6) is -1.74. The number of ether oxygens (including phenoxy) is 1. The molecule has 32 heavy (non-hydrogen) atoms. The number of hydrogen-bond donors (Lipinski definition) is 3. The van der Waals surface area contributed by atoms with Crippen molar-refractivity contribution in [2.45, 2.75) is 39.4 Å². The van der Waals surface area contributed by atoms with Gasteiger partial charge in [-0.2, -0.15) is 18.3 Å². The fraction of sp³-hybridized carbons (Fsp3) is 0.368. The number of carbonyl (C=O) groups excluding carboxylic acids is 3. The van der Waals surface area contributed by atoms with Gasteiger partial charge >= 0.3 is 12.3 Å². The number of hydrazine groups is 1. The molecule has 2 aromatic rings. The Hall–Kier alpha value is -3.28. The van der Waals surface area contributed by atoms with Gasteiger partial charge in [0.2, 0.25) is 0 Å². The highest BCUT2D eigenvalue weighted by Gasteiger charge is 2.36. The van der Waals surface area contributed by atoms with Crippen molar-refractivity contribution in [2.24, 2.45) is 0 Å². The molecular formula is C19H21ClF3N5O4. The zero-order valence-corrected chi connectivity index (χ0v) is 18.1. The minimum Gasteiger partial charge on any atom is -0.452 e. The summed E-state index contributed by atoms with van der Waals surface area (Å²) in [6.07, 6.45) is -4.49. The van der Waals surface area contributed by atoms with Crippen molar-refractivity contribution in [1.82, 2.24) is 20.6 Å². The molecule has 0 unspecified atom stereocenters. The van der Waals surface area contributed by atoms with Crippen LogP contribution in [-0.4, -0.2) is 34.8 Å². The number of methoxy groups -OCH3 is 1. The lowest BCUT2D eigenvalue weighted by Gasteiger charge is -2.15. The van der Waals surface area contributed by atoms with Crippen molar-refractivity contribution >= 4 is 35.2 Å². The molecule has 0 radical (unpaired) electrons. The number of anilines is 1. The minimum atomic E-state index is -4.73. The summed E-state index contributed by atoms with van der Waals surface area (Å²) >= 11 is 6.00. The van der Waals surface area contributed by atoms with Gasteiger partial charge in [-0.1, -0.05) is 24.9 Å². The molecule has 2 rings (SSSR count). The van der Waals surface area contributed by atoms with E-state index >= 15 is 0 Å². The molecule has 0 saturated heterocycles. The molecule has 3 amide bonds. The van der Waals surface area contributed by atoms with Crippen LogP contribution in [-0.2, 0) is 17.5 Å². The van der Waals surface area contributed by atoms with Gasteiger partial charge in [0.15, 0.2) is 5.69 Å². The number of amides is 3. The Morgan fingerprint density at radius 1 is 1.16 bits per heavy atom. The summed E-state index contributed by atoms with van der Waals surface area (Å²) < 4.78 is 44.7. The highest BCUT2D eigenvalue weighted by atomic mass is 35.5. The Bertz CT molecular complexity index is 1020. The van der Waals surface area contributed by atoms with E-state index in [9.17, 15) is 27.6 Å². The molecule has 1 aromatic carbocycles. The number of aryl methyl sites for hydroxylation is 2. The van der Waals surface area contributed by atoms with Crippen molar-refractivity contribution in [1.29, 1.82) is 0 Å². The maximum absolute atomic E-state index is 13.1. The first-order chi connectivity index (χ1) is 15.0. The Labute approximate surface area is 186 Å². The molecule has 0 fully saturated rings. The molecule has 3 N–H and O–H groups in total. The maximum atomic E-state index is 13.1. The van der Waals surface area contributed by atoms with Crippen LogP contribution in [0.25, 0.3) is 0 Å². The molecule has 0 aliphatic heterocycles. The fourth-order valence-corrected chi connectivity index (χ4v) is 2.98. The number of aromatic nitrogens is 2. The summed E-state index contributed by atoms with van der Waals surface area (Å²) in [6, 6.07) is 3.33. The highest BCUT2D eigenvalue weighted by Crippen LogP contribution is 2.30. The Balaban J connectivity index is 2.40. The van der Waals surface area contributed by atoms with E-state index in [1.165, 1.54) is 12.1 Å². The summed E-state index contributed by atoms with van der Waals surface area (Å²) in [5.41, 5.74) is 2.77. The van der Waals surface area contributed by atoms with Crippen molar-refractivity contribution < 1.29 is 32.3 Å². The van der Waals surface area contributed by atoms with Crippen LogP contribution < -0.4 is 16.2 Å². The van der Waals surface area contributed by atoms with E-state index in [4.69, 9.17) is 11.6 Å². The zero-order valence-electron chi connectivity index (χ0n) is 17.4. The van der Waals surface area contributed by atoms with Crippen LogP contribution in [0.2, 0.25) is 5.02 Å². The third-order valence-electron chi connectivity index (χ3n) is 4.27. The van der Waals surface area contributed by atoms with E-state index in [-0.39, 0.29) is 28.5 Å². The number of halogens is 4. The van der Waals surface area contributed by atoms with Crippen molar-refractivity contribution in [3.8, 4) is 0 Å². The predicted molar refractivity (Wildman–Crippen MR) is 109 cm³/mol. The van der Waals surface area contributed by atoms with Crippen molar-refractivity contribution in [2.75, 3.05) is 12.4 Å². The molecule has 0 saturated carbocycles. The van der Waals surface area contributed by atoms with E-state index in [2.05, 4.69) is 20.6 Å². The van der Waals surface area contributed by atoms with E-state index < -0.39 is 29.8 Å². The van der Waals surface area contributed by atoms with Gasteiger partial charge in [0.05, 0.1) is 18.4 Å². The summed E-state index contributed by atoms with van der Waals surface area (Å²) in [4.78, 5) is 36.6. The van der Waals surface area contributed by atoms with Gasteiger partial charge < -0.3 is 10.1 Å². The van der Waals surface area contributed by atoms with Gasteiger partial charge in [-0.15, -0.1) is 0 Å². The van der Waals surface area contributed by atoms with Gasteiger partial charge in [0.1, 0.15) is 5.69 Å². The van der Waals surface area contributed by atoms with E-state index in [1.807, 2.05) is 12.3 Å². The second-order valence-corrected chi connectivity index (χ2v) is 7.10. The highest BCUT2D eigenvalue weighted by molar-refractivity contribution is 6.31. The normalized spacial score (nSPS) is 11.1. The number of alkyl halides is 3. The van der Waals surface area contributed by atoms with Gasteiger partial charge in [-0.3, -0.25) is 19.7 Å². The number of nitrogens with one attached hydrogen (secondary N) is 3. The number of unbranched alkanes of at least 4 members (excludes halogenated alkanes) is 1. The van der Waals surface area contributed by atoms with E-state index in [1.54, 1.807) is 6.92 Å². The molecule has 0 atom stereocenters. The second kappa shape index (κ2) is 10.4. The number of hydrogen-bond acceptors (Lipinski definition) is 5. The van der Waals surface area contributed by atoms with Crippen LogP contribution in [0.1, 0.15) is 51.9 Å². The SMILES string of the molecule is CCCCn1nc(C(F)(F)F)cc1C(=O)Nc1c(C)cc(Cl)cc1C(=O)NNC(=O)OC. The maximum Gasteiger partial charge on any atom is 0.435 e. The second-order valence-electron chi connectivity index (χ2n) is 6.66. The molecule has 174 valence electrons. The standard InChI is InChI=1S/C19H21ClF3N5O4/c1-4-5-6-28-13(9-14(27-28)19(21,22)23)17(30)24-15-10(2)7-11(20)8-12(15)16(29)25-26-18(31)32-3/h7-9H,4-6H2,1-3H3,(H,24,30)(H,25,29)(H,26,31). The third-order valence-corrected chi connectivity index (χ3v) is 4.49. The van der Waals surface area contributed by atoms with Gasteiger partial charge in [-0.05, 0) is 31.0 Å². The lowest BCUT2D eigenvalue weighted by Crippen LogP contribution is -2.41. The van der Waals surface area contributed by atoms with E-state index in [0.29, 0.717) is 24.5 Å². The van der Waals surface area contributed by atoms with Gasteiger partial charge in [-0.25, -0.2) is 10.2 Å². The van der Waals surface area contributed by atoms with Crippen LogP contribution in [0.4, 0.5) is 23.7 Å². The Morgan fingerprint density at radius 3 is 2.44 bits per heavy atom. The van der Waals surface area contributed by atoms with Crippen LogP contribution in [0.5, 0.6) is 0 Å². The first-order valence-corrected chi connectivity index (χ1v) is 9.76. The first kappa shape index (κ1) is 25.0. The third kappa shape index (κ3) is 6.13. The lowest BCUT2D eigenvalue weighted by molar-refractivity contribution is -0.141. The summed E-state index contributed by atoms with van der Waals surface area (Å²) in [5, 5.41) is 6.12.